The molecule has 0 aromatic heterocycles. The summed E-state index contributed by atoms with van der Waals surface area (Å²) >= 11 is 0. The Morgan fingerprint density at radius 1 is 0.615 bits per heavy atom. The Labute approximate surface area is 153 Å². The summed E-state index contributed by atoms with van der Waals surface area (Å²) in [5, 5.41) is 5.01. The second-order valence-electron chi connectivity index (χ2n) is 6.55. The molecule has 3 aromatic rings. The summed E-state index contributed by atoms with van der Waals surface area (Å²) in [6.07, 6.45) is 5.89. The summed E-state index contributed by atoms with van der Waals surface area (Å²) in [5.41, 5.74) is 5.68. The van der Waals surface area contributed by atoms with Crippen LogP contribution in [0.15, 0.2) is 91.0 Å². The van der Waals surface area contributed by atoms with Crippen molar-refractivity contribution in [2.45, 2.75) is 0 Å². The predicted octanol–water partition coefficient (Wildman–Crippen LogP) is 6.75. The van der Waals surface area contributed by atoms with Crippen LogP contribution in [0.4, 0.5) is 0 Å². The zero-order valence-electron chi connectivity index (χ0n) is 14.2. The van der Waals surface area contributed by atoms with Crippen molar-refractivity contribution in [1.82, 2.24) is 0 Å². The Morgan fingerprint density at radius 2 is 1.35 bits per heavy atom. The summed E-state index contributed by atoms with van der Waals surface area (Å²) < 4.78 is 0. The van der Waals surface area contributed by atoms with Gasteiger partial charge in [0.05, 0.1) is 0 Å². The molecule has 0 heteroatoms. The van der Waals surface area contributed by atoms with Gasteiger partial charge in [0.1, 0.15) is 0 Å². The van der Waals surface area contributed by atoms with Crippen molar-refractivity contribution in [3.8, 4) is 34.6 Å². The molecule has 0 spiro atoms. The van der Waals surface area contributed by atoms with E-state index in [4.69, 9.17) is 6.42 Å². The molecule has 0 atom stereocenters. The van der Waals surface area contributed by atoms with Crippen LogP contribution in [-0.2, 0) is 0 Å². The van der Waals surface area contributed by atoms with Crippen molar-refractivity contribution in [2.24, 2.45) is 0 Å². The molecule has 0 bridgehead atoms. The minimum atomic E-state index is 0.951. The van der Waals surface area contributed by atoms with E-state index in [0.29, 0.717) is 0 Å². The van der Waals surface area contributed by atoms with E-state index in [9.17, 15) is 0 Å². The van der Waals surface area contributed by atoms with E-state index in [1.165, 1.54) is 38.2 Å². The monoisotopic (exact) mass is 328 g/mol. The molecular formula is C26H16. The number of fused-ring (bicyclic) bond motifs is 4. The molecule has 26 heavy (non-hydrogen) atoms. The van der Waals surface area contributed by atoms with E-state index < -0.39 is 0 Å². The number of hydrogen-bond acceptors (Lipinski definition) is 0. The third kappa shape index (κ3) is 2.11. The van der Waals surface area contributed by atoms with Crippen LogP contribution in [0.25, 0.3) is 43.8 Å². The lowest BCUT2D eigenvalue weighted by Crippen LogP contribution is -1.86. The van der Waals surface area contributed by atoms with Gasteiger partial charge in [-0.25, -0.2) is 0 Å². The van der Waals surface area contributed by atoms with Crippen LogP contribution < -0.4 is 0 Å². The third-order valence-electron chi connectivity index (χ3n) is 5.10. The van der Waals surface area contributed by atoms with Crippen LogP contribution >= 0.6 is 0 Å². The molecule has 0 nitrogen and oxygen atoms in total. The van der Waals surface area contributed by atoms with Gasteiger partial charge in [-0.2, -0.15) is 0 Å². The molecule has 0 saturated carbocycles. The first-order valence-corrected chi connectivity index (χ1v) is 8.76. The van der Waals surface area contributed by atoms with E-state index in [-0.39, 0.29) is 0 Å². The first-order valence-electron chi connectivity index (χ1n) is 8.76. The molecule has 5 rings (SSSR count). The molecule has 0 fully saturated rings. The SMILES string of the molecule is C#Cc1cc2cccccc-2c1-c1cccc2ccc3ccccc3c12. The summed E-state index contributed by atoms with van der Waals surface area (Å²) in [4.78, 5) is 0. The standard InChI is InChI=1S/C26H16/c1-2-18-17-21-10-4-3-5-12-23(21)25(18)24-14-8-11-20-16-15-19-9-6-7-13-22(19)26(20)24/h1,3-17H. The van der Waals surface area contributed by atoms with Crippen LogP contribution in [-0.4, -0.2) is 0 Å². The van der Waals surface area contributed by atoms with Crippen LogP contribution in [0.3, 0.4) is 0 Å². The smallest absolute Gasteiger partial charge is 0.0333 e. The second kappa shape index (κ2) is 5.76. The second-order valence-corrected chi connectivity index (χ2v) is 6.55. The van der Waals surface area contributed by atoms with Gasteiger partial charge < -0.3 is 0 Å². The van der Waals surface area contributed by atoms with Crippen LogP contribution in [0.5, 0.6) is 0 Å². The molecule has 0 amide bonds. The van der Waals surface area contributed by atoms with Gasteiger partial charge in [0.25, 0.3) is 0 Å². The lowest BCUT2D eigenvalue weighted by atomic mass is 9.91. The minimum Gasteiger partial charge on any atom is -0.115 e. The van der Waals surface area contributed by atoms with Gasteiger partial charge in [0.15, 0.2) is 0 Å². The molecular weight excluding hydrogens is 312 g/mol. The molecule has 0 aliphatic heterocycles. The fourth-order valence-electron chi connectivity index (χ4n) is 3.96. The van der Waals surface area contributed by atoms with Crippen molar-refractivity contribution in [3.05, 3.63) is 96.6 Å². The summed E-state index contributed by atoms with van der Waals surface area (Å²) in [6, 6.07) is 32.0. The van der Waals surface area contributed by atoms with Gasteiger partial charge in [0, 0.05) is 11.1 Å². The zero-order valence-corrected chi connectivity index (χ0v) is 14.2. The quantitative estimate of drug-likeness (QED) is 0.236. The summed E-state index contributed by atoms with van der Waals surface area (Å²) in [5.74, 6) is 2.91. The minimum absolute atomic E-state index is 0.951. The average molecular weight is 328 g/mol. The van der Waals surface area contributed by atoms with Gasteiger partial charge in [-0.05, 0) is 44.3 Å². The maximum Gasteiger partial charge on any atom is 0.0333 e. The summed E-state index contributed by atoms with van der Waals surface area (Å²) in [6.45, 7) is 0. The van der Waals surface area contributed by atoms with Crippen LogP contribution in [0.2, 0.25) is 0 Å². The Balaban J connectivity index is 1.98. The van der Waals surface area contributed by atoms with Gasteiger partial charge in [-0.15, -0.1) is 6.42 Å². The molecule has 0 radical (unpaired) electrons. The molecule has 0 unspecified atom stereocenters. The van der Waals surface area contributed by atoms with Gasteiger partial charge >= 0.3 is 0 Å². The molecule has 2 aliphatic carbocycles. The van der Waals surface area contributed by atoms with E-state index in [2.05, 4.69) is 96.9 Å². The van der Waals surface area contributed by atoms with Crippen LogP contribution in [0, 0.1) is 12.3 Å². The number of terminal acetylenes is 1. The first kappa shape index (κ1) is 14.8. The molecule has 2 aliphatic rings. The normalized spacial score (nSPS) is 11.0. The van der Waals surface area contributed by atoms with Crippen molar-refractivity contribution in [1.29, 1.82) is 0 Å². The molecule has 3 aromatic carbocycles. The lowest BCUT2D eigenvalue weighted by molar-refractivity contribution is 1.71. The van der Waals surface area contributed by atoms with Crippen molar-refractivity contribution in [2.75, 3.05) is 0 Å². The Morgan fingerprint density at radius 3 is 2.27 bits per heavy atom. The highest BCUT2D eigenvalue weighted by Crippen LogP contribution is 2.43. The number of hydrogen-bond donors (Lipinski definition) is 0. The topological polar surface area (TPSA) is 0 Å². The number of benzene rings is 3. The zero-order chi connectivity index (χ0) is 17.5. The fraction of sp³-hybridized carbons (Fsp3) is 0. The molecule has 0 heterocycles. The Kier molecular flexibility index (Phi) is 3.27. The largest absolute Gasteiger partial charge is 0.115 e. The highest BCUT2D eigenvalue weighted by molar-refractivity contribution is 6.16. The van der Waals surface area contributed by atoms with Crippen molar-refractivity contribution < 1.29 is 0 Å². The first-order chi connectivity index (χ1) is 12.9. The fourth-order valence-corrected chi connectivity index (χ4v) is 3.96. The Hall–Kier alpha value is -3.56. The number of rotatable bonds is 1. The van der Waals surface area contributed by atoms with Gasteiger partial charge in [-0.3, -0.25) is 0 Å². The average Bonchev–Trinajstić information content (AvgIpc) is 2.88. The summed E-state index contributed by atoms with van der Waals surface area (Å²) in [7, 11) is 0. The van der Waals surface area contributed by atoms with Crippen LogP contribution in [0.1, 0.15) is 5.56 Å². The molecule has 0 N–H and O–H groups in total. The third-order valence-corrected chi connectivity index (χ3v) is 5.10. The van der Waals surface area contributed by atoms with Crippen molar-refractivity contribution in [3.63, 3.8) is 0 Å². The predicted molar refractivity (Wildman–Crippen MR) is 111 cm³/mol. The Bertz CT molecular complexity index is 1280. The van der Waals surface area contributed by atoms with Crippen molar-refractivity contribution >= 4 is 21.5 Å². The molecule has 120 valence electrons. The highest BCUT2D eigenvalue weighted by atomic mass is 14.2. The van der Waals surface area contributed by atoms with Gasteiger partial charge in [-0.1, -0.05) is 90.8 Å². The van der Waals surface area contributed by atoms with E-state index >= 15 is 0 Å². The lowest BCUT2D eigenvalue weighted by Gasteiger charge is -2.11. The molecule has 0 saturated heterocycles. The van der Waals surface area contributed by atoms with E-state index in [1.807, 2.05) is 0 Å². The van der Waals surface area contributed by atoms with E-state index in [0.717, 1.165) is 11.1 Å². The van der Waals surface area contributed by atoms with E-state index in [1.54, 1.807) is 0 Å². The maximum absolute atomic E-state index is 5.89. The van der Waals surface area contributed by atoms with Gasteiger partial charge in [0.2, 0.25) is 0 Å². The maximum atomic E-state index is 5.89. The highest BCUT2D eigenvalue weighted by Gasteiger charge is 2.18.